The van der Waals surface area contributed by atoms with Crippen LogP contribution in [0.25, 0.3) is 0 Å². The molecular formula is C14H16ClNO4. The van der Waals surface area contributed by atoms with Crippen molar-refractivity contribution in [2.24, 2.45) is 0 Å². The predicted octanol–water partition coefficient (Wildman–Crippen LogP) is 1.93. The molecule has 0 saturated carbocycles. The van der Waals surface area contributed by atoms with E-state index in [0.29, 0.717) is 24.4 Å². The van der Waals surface area contributed by atoms with Crippen LogP contribution in [0.5, 0.6) is 0 Å². The van der Waals surface area contributed by atoms with Gasteiger partial charge in [-0.25, -0.2) is 4.79 Å². The second-order valence-corrected chi connectivity index (χ2v) is 5.22. The molecular weight excluding hydrogens is 282 g/mol. The molecule has 1 fully saturated rings. The third-order valence-electron chi connectivity index (χ3n) is 3.31. The van der Waals surface area contributed by atoms with Crippen molar-refractivity contribution in [1.82, 2.24) is 4.90 Å². The number of nitrogens with zero attached hydrogens (tertiary/aromatic N) is 1. The largest absolute Gasteiger partial charge is 0.479 e. The van der Waals surface area contributed by atoms with Gasteiger partial charge in [0.25, 0.3) is 5.91 Å². The van der Waals surface area contributed by atoms with Gasteiger partial charge in [-0.1, -0.05) is 29.8 Å². The summed E-state index contributed by atoms with van der Waals surface area (Å²) in [6.07, 6.45) is -0.754. The lowest BCUT2D eigenvalue weighted by Gasteiger charge is -2.21. The van der Waals surface area contributed by atoms with Crippen molar-refractivity contribution in [2.45, 2.75) is 31.6 Å². The smallest absolute Gasteiger partial charge is 0.332 e. The number of aliphatic carboxylic acids is 1. The minimum Gasteiger partial charge on any atom is -0.479 e. The Morgan fingerprint density at radius 1 is 1.35 bits per heavy atom. The Balaban J connectivity index is 1.96. The van der Waals surface area contributed by atoms with E-state index >= 15 is 0 Å². The van der Waals surface area contributed by atoms with Crippen molar-refractivity contribution in [2.75, 3.05) is 7.05 Å². The van der Waals surface area contributed by atoms with Crippen LogP contribution in [0.4, 0.5) is 0 Å². The zero-order valence-electron chi connectivity index (χ0n) is 11.1. The molecule has 0 unspecified atom stereocenters. The number of likely N-dealkylation sites (N-methyl/N-ethyl adjacent to an activating group) is 1. The molecule has 1 N–H and O–H groups in total. The van der Waals surface area contributed by atoms with Crippen LogP contribution in [-0.4, -0.2) is 41.1 Å². The van der Waals surface area contributed by atoms with Crippen LogP contribution in [0, 0.1) is 0 Å². The van der Waals surface area contributed by atoms with E-state index in [9.17, 15) is 9.59 Å². The number of hydrogen-bond acceptors (Lipinski definition) is 3. The minimum atomic E-state index is -1.02. The molecule has 20 heavy (non-hydrogen) atoms. The summed E-state index contributed by atoms with van der Waals surface area (Å²) in [5.74, 6) is -1.23. The topological polar surface area (TPSA) is 66.8 Å². The van der Waals surface area contributed by atoms with E-state index < -0.39 is 18.2 Å². The number of halogens is 1. The summed E-state index contributed by atoms with van der Waals surface area (Å²) in [6, 6.07) is 7.29. The molecule has 0 spiro atoms. The third kappa shape index (κ3) is 3.29. The highest BCUT2D eigenvalue weighted by Gasteiger charge is 2.36. The van der Waals surface area contributed by atoms with E-state index in [1.165, 1.54) is 4.90 Å². The highest BCUT2D eigenvalue weighted by Crippen LogP contribution is 2.23. The van der Waals surface area contributed by atoms with Crippen molar-refractivity contribution in [1.29, 1.82) is 0 Å². The van der Waals surface area contributed by atoms with Crippen LogP contribution in [0.2, 0.25) is 5.02 Å². The summed E-state index contributed by atoms with van der Waals surface area (Å²) in [5, 5.41) is 9.46. The molecule has 1 aromatic carbocycles. The molecule has 0 aliphatic carbocycles. The summed E-state index contributed by atoms with van der Waals surface area (Å²) in [5.41, 5.74) is 0.845. The molecule has 2 atom stereocenters. The second kappa shape index (κ2) is 6.24. The molecule has 6 heteroatoms. The molecule has 0 bridgehead atoms. The van der Waals surface area contributed by atoms with E-state index in [1.54, 1.807) is 13.1 Å². The van der Waals surface area contributed by atoms with Gasteiger partial charge in [-0.3, -0.25) is 4.79 Å². The van der Waals surface area contributed by atoms with Gasteiger partial charge < -0.3 is 14.7 Å². The Kier molecular flexibility index (Phi) is 4.62. The molecule has 1 aliphatic rings. The average molecular weight is 298 g/mol. The monoisotopic (exact) mass is 297 g/mol. The summed E-state index contributed by atoms with van der Waals surface area (Å²) in [7, 11) is 1.66. The van der Waals surface area contributed by atoms with Gasteiger partial charge in [-0.15, -0.1) is 0 Å². The number of amides is 1. The molecule has 1 aliphatic heterocycles. The zero-order chi connectivity index (χ0) is 14.7. The number of ether oxygens (including phenoxy) is 1. The van der Waals surface area contributed by atoms with Gasteiger partial charge in [-0.2, -0.15) is 0 Å². The van der Waals surface area contributed by atoms with Crippen LogP contribution >= 0.6 is 11.6 Å². The molecule has 1 aromatic rings. The van der Waals surface area contributed by atoms with E-state index in [0.717, 1.165) is 5.56 Å². The molecule has 1 amide bonds. The minimum absolute atomic E-state index is 0.214. The normalized spacial score (nSPS) is 21.7. The number of hydrogen-bond donors (Lipinski definition) is 1. The third-order valence-corrected chi connectivity index (χ3v) is 3.68. The van der Waals surface area contributed by atoms with E-state index in [1.807, 2.05) is 18.2 Å². The molecule has 0 aromatic heterocycles. The van der Waals surface area contributed by atoms with Crippen LogP contribution < -0.4 is 0 Å². The first-order valence-electron chi connectivity index (χ1n) is 6.35. The van der Waals surface area contributed by atoms with Gasteiger partial charge in [0.1, 0.15) is 6.10 Å². The highest BCUT2D eigenvalue weighted by molar-refractivity contribution is 6.31. The number of carbonyl (C=O) groups is 2. The lowest BCUT2D eigenvalue weighted by molar-refractivity contribution is -0.154. The Morgan fingerprint density at radius 3 is 2.60 bits per heavy atom. The molecule has 108 valence electrons. The lowest BCUT2D eigenvalue weighted by Crippen LogP contribution is -2.36. The number of benzene rings is 1. The maximum Gasteiger partial charge on any atom is 0.332 e. The van der Waals surface area contributed by atoms with E-state index in [4.69, 9.17) is 21.4 Å². The Morgan fingerprint density at radius 2 is 2.00 bits per heavy atom. The number of carbonyl (C=O) groups excluding carboxylic acids is 1. The standard InChI is InChI=1S/C14H16ClNO4/c1-16(8-9-4-2-3-5-10(9)15)13(17)11-6-7-12(20-11)14(18)19/h2-5,11-12H,6-8H2,1H3,(H,18,19)/t11-,12+/m0/s1. The number of carboxylic acid groups (broad SMARTS) is 1. The lowest BCUT2D eigenvalue weighted by atomic mass is 10.1. The molecule has 5 nitrogen and oxygen atoms in total. The second-order valence-electron chi connectivity index (χ2n) is 4.81. The van der Waals surface area contributed by atoms with Crippen molar-refractivity contribution in [3.63, 3.8) is 0 Å². The first-order valence-corrected chi connectivity index (χ1v) is 6.73. The number of rotatable bonds is 4. The van der Waals surface area contributed by atoms with E-state index in [2.05, 4.69) is 0 Å². The van der Waals surface area contributed by atoms with Gasteiger partial charge in [0.2, 0.25) is 0 Å². The average Bonchev–Trinajstić information content (AvgIpc) is 2.90. The zero-order valence-corrected chi connectivity index (χ0v) is 11.8. The van der Waals surface area contributed by atoms with Gasteiger partial charge in [-0.05, 0) is 24.5 Å². The Bertz CT molecular complexity index is 520. The maximum absolute atomic E-state index is 12.2. The van der Waals surface area contributed by atoms with Gasteiger partial charge in [0.05, 0.1) is 0 Å². The predicted molar refractivity (Wildman–Crippen MR) is 73.5 cm³/mol. The Hall–Kier alpha value is -1.59. The first kappa shape index (κ1) is 14.8. The van der Waals surface area contributed by atoms with Crippen molar-refractivity contribution < 1.29 is 19.4 Å². The SMILES string of the molecule is CN(Cc1ccccc1Cl)C(=O)[C@@H]1CC[C@H](C(=O)O)O1. The summed E-state index contributed by atoms with van der Waals surface area (Å²) >= 11 is 6.05. The maximum atomic E-state index is 12.2. The van der Waals surface area contributed by atoms with Crippen LogP contribution in [-0.2, 0) is 20.9 Å². The van der Waals surface area contributed by atoms with Crippen LogP contribution in [0.1, 0.15) is 18.4 Å². The summed E-state index contributed by atoms with van der Waals surface area (Å²) in [6.45, 7) is 0.371. The molecule has 1 saturated heterocycles. The van der Waals surface area contributed by atoms with E-state index in [-0.39, 0.29) is 5.91 Å². The summed E-state index contributed by atoms with van der Waals surface area (Å²) in [4.78, 5) is 24.5. The van der Waals surface area contributed by atoms with Crippen molar-refractivity contribution in [3.8, 4) is 0 Å². The fourth-order valence-electron chi connectivity index (χ4n) is 2.21. The molecule has 2 rings (SSSR count). The van der Waals surface area contributed by atoms with Gasteiger partial charge in [0.15, 0.2) is 6.10 Å². The van der Waals surface area contributed by atoms with Crippen molar-refractivity contribution in [3.05, 3.63) is 34.9 Å². The van der Waals surface area contributed by atoms with Crippen LogP contribution in [0.3, 0.4) is 0 Å². The van der Waals surface area contributed by atoms with Gasteiger partial charge in [0, 0.05) is 18.6 Å². The Labute approximate surface area is 122 Å². The molecule has 0 radical (unpaired) electrons. The van der Waals surface area contributed by atoms with Gasteiger partial charge >= 0.3 is 5.97 Å². The fraction of sp³-hybridized carbons (Fsp3) is 0.429. The van der Waals surface area contributed by atoms with Crippen molar-refractivity contribution >= 4 is 23.5 Å². The van der Waals surface area contributed by atoms with Crippen LogP contribution in [0.15, 0.2) is 24.3 Å². The quantitative estimate of drug-likeness (QED) is 0.922. The fourth-order valence-corrected chi connectivity index (χ4v) is 2.40. The summed E-state index contributed by atoms with van der Waals surface area (Å²) < 4.78 is 5.25. The number of carboxylic acids is 1. The molecule has 1 heterocycles. The first-order chi connectivity index (χ1) is 9.49. The highest BCUT2D eigenvalue weighted by atomic mass is 35.5.